The number of hydrogen-bond acceptors (Lipinski definition) is 6. The quantitative estimate of drug-likeness (QED) is 0.859. The van der Waals surface area contributed by atoms with E-state index in [-0.39, 0.29) is 6.10 Å². The Morgan fingerprint density at radius 3 is 2.89 bits per heavy atom. The van der Waals surface area contributed by atoms with E-state index >= 15 is 0 Å². The summed E-state index contributed by atoms with van der Waals surface area (Å²) >= 11 is 0. The number of nitrogens with zero attached hydrogens (tertiary/aromatic N) is 4. The van der Waals surface area contributed by atoms with Gasteiger partial charge in [0.25, 0.3) is 0 Å². The molecule has 1 unspecified atom stereocenters. The van der Waals surface area contributed by atoms with E-state index in [0.717, 1.165) is 31.9 Å². The number of nitrogen functional groups attached to an aromatic ring is 1. The molecule has 98 valence electrons. The zero-order chi connectivity index (χ0) is 12.5. The highest BCUT2D eigenvalue weighted by molar-refractivity contribution is 5.36. The summed E-state index contributed by atoms with van der Waals surface area (Å²) in [6, 6.07) is 0. The summed E-state index contributed by atoms with van der Waals surface area (Å²) in [7, 11) is 0. The van der Waals surface area contributed by atoms with Crippen LogP contribution in [0.5, 0.6) is 0 Å². The van der Waals surface area contributed by atoms with Crippen LogP contribution in [-0.2, 0) is 4.74 Å². The third-order valence-corrected chi connectivity index (χ3v) is 3.48. The highest BCUT2D eigenvalue weighted by Gasteiger charge is 2.29. The van der Waals surface area contributed by atoms with Crippen molar-refractivity contribution in [3.63, 3.8) is 0 Å². The molecule has 18 heavy (non-hydrogen) atoms. The molecule has 2 heterocycles. The van der Waals surface area contributed by atoms with Crippen molar-refractivity contribution in [1.29, 1.82) is 0 Å². The van der Waals surface area contributed by atoms with E-state index in [0.29, 0.717) is 17.8 Å². The van der Waals surface area contributed by atoms with Gasteiger partial charge in [-0.15, -0.1) is 0 Å². The molecule has 0 amide bonds. The Labute approximate surface area is 107 Å². The number of ether oxygens (including phenoxy) is 1. The van der Waals surface area contributed by atoms with Gasteiger partial charge in [0.1, 0.15) is 5.82 Å². The molecule has 2 N–H and O–H groups in total. The van der Waals surface area contributed by atoms with Gasteiger partial charge < -0.3 is 15.4 Å². The summed E-state index contributed by atoms with van der Waals surface area (Å²) in [4.78, 5) is 15.2. The Bertz CT molecular complexity index is 434. The van der Waals surface area contributed by atoms with Crippen molar-refractivity contribution < 1.29 is 4.74 Å². The van der Waals surface area contributed by atoms with Crippen LogP contribution in [0.1, 0.15) is 37.9 Å². The largest absolute Gasteiger partial charge is 0.375 e. The van der Waals surface area contributed by atoms with Gasteiger partial charge in [0.2, 0.25) is 11.9 Å². The molecule has 1 saturated heterocycles. The van der Waals surface area contributed by atoms with Crippen LogP contribution in [0, 0.1) is 0 Å². The molecule has 3 rings (SSSR count). The fourth-order valence-corrected chi connectivity index (χ4v) is 2.21. The van der Waals surface area contributed by atoms with Crippen molar-refractivity contribution in [2.75, 3.05) is 30.3 Å². The number of nitrogens with two attached hydrogens (primary N) is 1. The minimum atomic E-state index is 0.265. The zero-order valence-corrected chi connectivity index (χ0v) is 10.7. The molecule has 1 aliphatic carbocycles. The second kappa shape index (κ2) is 4.68. The molecule has 1 atom stereocenters. The standard InChI is InChI=1S/C12H19N5O/c1-2-9-7-17(5-6-18-9)12-15-10(8-3-4-8)14-11(13)16-12/h8-9H,2-7H2,1H3,(H2,13,14,15,16). The summed E-state index contributed by atoms with van der Waals surface area (Å²) in [6.07, 6.45) is 3.61. The van der Waals surface area contributed by atoms with Crippen molar-refractivity contribution in [2.45, 2.75) is 38.2 Å². The molecule has 0 radical (unpaired) electrons. The summed E-state index contributed by atoms with van der Waals surface area (Å²) in [5.74, 6) is 2.40. The fraction of sp³-hybridized carbons (Fsp3) is 0.750. The molecule has 1 saturated carbocycles. The molecule has 2 fully saturated rings. The van der Waals surface area contributed by atoms with Crippen molar-refractivity contribution >= 4 is 11.9 Å². The Kier molecular flexibility index (Phi) is 3.03. The van der Waals surface area contributed by atoms with Gasteiger partial charge in [0.05, 0.1) is 12.7 Å². The summed E-state index contributed by atoms with van der Waals surface area (Å²) in [6.45, 7) is 4.52. The average molecular weight is 249 g/mol. The van der Waals surface area contributed by atoms with Gasteiger partial charge in [-0.3, -0.25) is 0 Å². The van der Waals surface area contributed by atoms with Gasteiger partial charge in [0, 0.05) is 19.0 Å². The van der Waals surface area contributed by atoms with E-state index in [1.807, 2.05) is 0 Å². The van der Waals surface area contributed by atoms with Crippen LogP contribution >= 0.6 is 0 Å². The Hall–Kier alpha value is -1.43. The van der Waals surface area contributed by atoms with Crippen LogP contribution in [0.15, 0.2) is 0 Å². The molecule has 1 aromatic rings. The molecular formula is C12H19N5O. The molecule has 0 bridgehead atoms. The maximum Gasteiger partial charge on any atom is 0.230 e. The number of aromatic nitrogens is 3. The third-order valence-electron chi connectivity index (χ3n) is 3.48. The maximum atomic E-state index is 5.78. The molecule has 2 aliphatic rings. The summed E-state index contributed by atoms with van der Waals surface area (Å²) < 4.78 is 5.66. The van der Waals surface area contributed by atoms with Gasteiger partial charge >= 0.3 is 0 Å². The highest BCUT2D eigenvalue weighted by Crippen LogP contribution is 2.38. The van der Waals surface area contributed by atoms with Gasteiger partial charge in [0.15, 0.2) is 0 Å². The van der Waals surface area contributed by atoms with E-state index in [2.05, 4.69) is 26.8 Å². The molecule has 1 aliphatic heterocycles. The smallest absolute Gasteiger partial charge is 0.230 e. The first-order chi connectivity index (χ1) is 8.76. The van der Waals surface area contributed by atoms with Crippen LogP contribution in [0.2, 0.25) is 0 Å². The predicted octanol–water partition coefficient (Wildman–Crippen LogP) is 0.946. The lowest BCUT2D eigenvalue weighted by Crippen LogP contribution is -2.43. The highest BCUT2D eigenvalue weighted by atomic mass is 16.5. The summed E-state index contributed by atoms with van der Waals surface area (Å²) in [5.41, 5.74) is 5.78. The number of anilines is 2. The van der Waals surface area contributed by atoms with Gasteiger partial charge in [-0.2, -0.15) is 15.0 Å². The minimum absolute atomic E-state index is 0.265. The lowest BCUT2D eigenvalue weighted by atomic mass is 10.2. The number of hydrogen-bond donors (Lipinski definition) is 1. The first-order valence-electron chi connectivity index (χ1n) is 6.64. The zero-order valence-electron chi connectivity index (χ0n) is 10.7. The first kappa shape index (κ1) is 11.6. The SMILES string of the molecule is CCC1CN(c2nc(N)nc(C3CC3)n2)CCO1. The Morgan fingerprint density at radius 1 is 1.33 bits per heavy atom. The van der Waals surface area contributed by atoms with Crippen molar-refractivity contribution in [2.24, 2.45) is 0 Å². The normalized spacial score (nSPS) is 24.3. The first-order valence-corrected chi connectivity index (χ1v) is 6.64. The van der Waals surface area contributed by atoms with Gasteiger partial charge in [-0.05, 0) is 19.3 Å². The van der Waals surface area contributed by atoms with Gasteiger partial charge in [-0.25, -0.2) is 0 Å². The van der Waals surface area contributed by atoms with E-state index in [9.17, 15) is 0 Å². The Morgan fingerprint density at radius 2 is 2.17 bits per heavy atom. The molecule has 6 heteroatoms. The second-order valence-corrected chi connectivity index (χ2v) is 4.97. The topological polar surface area (TPSA) is 77.2 Å². The maximum absolute atomic E-state index is 5.78. The van der Waals surface area contributed by atoms with Crippen LogP contribution < -0.4 is 10.6 Å². The summed E-state index contributed by atoms with van der Waals surface area (Å²) in [5, 5.41) is 0. The second-order valence-electron chi connectivity index (χ2n) is 4.97. The Balaban J connectivity index is 1.81. The van der Waals surface area contributed by atoms with E-state index in [1.54, 1.807) is 0 Å². The van der Waals surface area contributed by atoms with Crippen LogP contribution in [-0.4, -0.2) is 40.8 Å². The van der Waals surface area contributed by atoms with Crippen molar-refractivity contribution in [3.8, 4) is 0 Å². The average Bonchev–Trinajstić information content (AvgIpc) is 3.22. The molecule has 1 aromatic heterocycles. The fourth-order valence-electron chi connectivity index (χ4n) is 2.21. The van der Waals surface area contributed by atoms with Crippen LogP contribution in [0.4, 0.5) is 11.9 Å². The van der Waals surface area contributed by atoms with Crippen LogP contribution in [0.25, 0.3) is 0 Å². The van der Waals surface area contributed by atoms with Gasteiger partial charge in [-0.1, -0.05) is 6.92 Å². The van der Waals surface area contributed by atoms with Crippen LogP contribution in [0.3, 0.4) is 0 Å². The molecular weight excluding hydrogens is 230 g/mol. The predicted molar refractivity (Wildman–Crippen MR) is 68.5 cm³/mol. The number of morpholine rings is 1. The lowest BCUT2D eigenvalue weighted by molar-refractivity contribution is 0.0378. The monoisotopic (exact) mass is 249 g/mol. The third kappa shape index (κ3) is 2.38. The lowest BCUT2D eigenvalue weighted by Gasteiger charge is -2.32. The van der Waals surface area contributed by atoms with E-state index < -0.39 is 0 Å². The molecule has 6 nitrogen and oxygen atoms in total. The van der Waals surface area contributed by atoms with Crippen molar-refractivity contribution in [1.82, 2.24) is 15.0 Å². The molecule has 0 aromatic carbocycles. The van der Waals surface area contributed by atoms with Crippen molar-refractivity contribution in [3.05, 3.63) is 5.82 Å². The number of rotatable bonds is 3. The van der Waals surface area contributed by atoms with E-state index in [4.69, 9.17) is 10.5 Å². The van der Waals surface area contributed by atoms with E-state index in [1.165, 1.54) is 12.8 Å². The minimum Gasteiger partial charge on any atom is -0.375 e. The molecule has 0 spiro atoms.